The van der Waals surface area contributed by atoms with Crippen molar-refractivity contribution in [3.05, 3.63) is 101 Å². The lowest BCUT2D eigenvalue weighted by Gasteiger charge is -2.26. The fourth-order valence-corrected chi connectivity index (χ4v) is 6.54. The van der Waals surface area contributed by atoms with Crippen LogP contribution in [0.3, 0.4) is 0 Å². The Hall–Kier alpha value is -5.22. The van der Waals surface area contributed by atoms with Crippen LogP contribution in [0.2, 0.25) is 25.7 Å². The van der Waals surface area contributed by atoms with Gasteiger partial charge in [0.15, 0.2) is 0 Å². The molecule has 252 valence electrons. The number of nitriles is 1. The zero-order valence-electron chi connectivity index (χ0n) is 28.2. The van der Waals surface area contributed by atoms with E-state index in [1.165, 1.54) is 10.9 Å². The highest BCUT2D eigenvalue weighted by molar-refractivity contribution is 6.76. The van der Waals surface area contributed by atoms with Crippen LogP contribution in [0.25, 0.3) is 16.6 Å². The number of carbonyl (C=O) groups is 2. The van der Waals surface area contributed by atoms with Crippen molar-refractivity contribution in [1.29, 1.82) is 5.26 Å². The first-order valence-corrected chi connectivity index (χ1v) is 20.0. The number of carbonyl (C=O) groups excluding carboxylic acids is 2. The van der Waals surface area contributed by atoms with Crippen LogP contribution >= 0.6 is 0 Å². The maximum Gasteiger partial charge on any atom is 0.254 e. The van der Waals surface area contributed by atoms with E-state index in [2.05, 4.69) is 30.8 Å². The van der Waals surface area contributed by atoms with E-state index in [1.54, 1.807) is 41.3 Å². The highest BCUT2D eigenvalue weighted by atomic mass is 28.3. The van der Waals surface area contributed by atoms with E-state index in [9.17, 15) is 14.9 Å². The minimum absolute atomic E-state index is 0.0659. The van der Waals surface area contributed by atoms with Crippen LogP contribution < -0.4 is 10.5 Å². The first-order valence-electron chi connectivity index (χ1n) is 16.3. The molecule has 2 aromatic heterocycles. The molecule has 0 aliphatic carbocycles. The summed E-state index contributed by atoms with van der Waals surface area (Å²) in [5, 5.41) is 14.7. The van der Waals surface area contributed by atoms with E-state index < -0.39 is 8.07 Å². The van der Waals surface area contributed by atoms with Crippen LogP contribution in [0.15, 0.2) is 72.9 Å². The van der Waals surface area contributed by atoms with Crippen LogP contribution in [-0.2, 0) is 16.2 Å². The van der Waals surface area contributed by atoms with Crippen molar-refractivity contribution in [2.24, 2.45) is 0 Å². The topological polar surface area (TPSA) is 138 Å². The van der Waals surface area contributed by atoms with Crippen molar-refractivity contribution in [3.8, 4) is 23.3 Å². The number of ether oxygens (including phenoxy) is 3. The van der Waals surface area contributed by atoms with E-state index in [0.29, 0.717) is 66.9 Å². The summed E-state index contributed by atoms with van der Waals surface area (Å²) >= 11 is 0. The van der Waals surface area contributed by atoms with Crippen molar-refractivity contribution < 1.29 is 23.8 Å². The van der Waals surface area contributed by atoms with E-state index in [1.807, 2.05) is 41.8 Å². The number of hydrogen-bond acceptors (Lipinski definition) is 8. The van der Waals surface area contributed by atoms with Gasteiger partial charge in [0.25, 0.3) is 5.91 Å². The Morgan fingerprint density at radius 2 is 1.82 bits per heavy atom. The molecule has 5 aromatic rings. The number of ketones is 1. The number of nitrogen functional groups attached to an aromatic ring is 1. The van der Waals surface area contributed by atoms with Gasteiger partial charge in [-0.05, 0) is 73.1 Å². The molecule has 0 saturated carbocycles. The summed E-state index contributed by atoms with van der Waals surface area (Å²) in [6.07, 6.45) is 1.48. The summed E-state index contributed by atoms with van der Waals surface area (Å²) < 4.78 is 20.9. The highest BCUT2D eigenvalue weighted by Gasteiger charge is 2.25. The predicted octanol–water partition coefficient (Wildman–Crippen LogP) is 6.40. The molecule has 0 unspecified atom stereocenters. The van der Waals surface area contributed by atoms with E-state index in [4.69, 9.17) is 19.9 Å². The Kier molecular flexibility index (Phi) is 9.69. The lowest BCUT2D eigenvalue weighted by Crippen LogP contribution is -2.40. The number of hydrogen-bond donors (Lipinski definition) is 1. The quantitative estimate of drug-likeness (QED) is 0.0965. The molecule has 6 rings (SSSR count). The number of nitrogens with two attached hydrogens (primary N) is 1. The second kappa shape index (κ2) is 14.1. The molecule has 1 amide bonds. The van der Waals surface area contributed by atoms with Crippen LogP contribution in [-0.4, -0.2) is 71.9 Å². The van der Waals surface area contributed by atoms with Gasteiger partial charge in [-0.15, -0.1) is 0 Å². The van der Waals surface area contributed by atoms with Gasteiger partial charge in [-0.2, -0.15) is 10.4 Å². The number of morpholine rings is 1. The normalized spacial score (nSPS) is 13.4. The van der Waals surface area contributed by atoms with Crippen LogP contribution in [0.4, 0.5) is 5.82 Å². The Balaban J connectivity index is 1.30. The van der Waals surface area contributed by atoms with Gasteiger partial charge in [0.2, 0.25) is 5.78 Å². The largest absolute Gasteiger partial charge is 0.456 e. The minimum Gasteiger partial charge on any atom is -0.456 e. The van der Waals surface area contributed by atoms with Crippen molar-refractivity contribution in [2.45, 2.75) is 39.3 Å². The molecule has 1 saturated heterocycles. The van der Waals surface area contributed by atoms with Gasteiger partial charge >= 0.3 is 0 Å². The molecule has 2 N–H and O–H groups in total. The predicted molar refractivity (Wildman–Crippen MR) is 190 cm³/mol. The van der Waals surface area contributed by atoms with Crippen molar-refractivity contribution in [2.75, 3.05) is 38.6 Å². The second-order valence-corrected chi connectivity index (χ2v) is 18.9. The summed E-state index contributed by atoms with van der Waals surface area (Å²) in [6.45, 7) is 11.6. The molecule has 0 radical (unpaired) electrons. The number of nitrogens with zero attached hydrogens (tertiary/aromatic N) is 5. The molecule has 1 aliphatic rings. The number of rotatable bonds is 11. The third kappa shape index (κ3) is 7.29. The van der Waals surface area contributed by atoms with Crippen molar-refractivity contribution in [3.63, 3.8) is 0 Å². The molecule has 11 nitrogen and oxygen atoms in total. The van der Waals surface area contributed by atoms with Gasteiger partial charge in [-0.3, -0.25) is 9.59 Å². The van der Waals surface area contributed by atoms with Gasteiger partial charge in [0.1, 0.15) is 30.1 Å². The lowest BCUT2D eigenvalue weighted by molar-refractivity contribution is 0.0303. The molecule has 0 bridgehead atoms. The molecule has 0 atom stereocenters. The number of benzene rings is 3. The fraction of sp³-hybridized carbons (Fsp3) is 0.297. The molecular weight excluding hydrogens is 637 g/mol. The average molecular weight is 677 g/mol. The lowest BCUT2D eigenvalue weighted by atomic mass is 10.1. The maximum atomic E-state index is 14.2. The van der Waals surface area contributed by atoms with Crippen molar-refractivity contribution in [1.82, 2.24) is 19.2 Å². The Morgan fingerprint density at radius 1 is 1.04 bits per heavy atom. The smallest absolute Gasteiger partial charge is 0.254 e. The Bertz CT molecular complexity index is 2070. The average Bonchev–Trinajstić information content (AvgIpc) is 3.66. The standard InChI is InChI=1S/C37H40N6O5Si/c1-25-19-29(48-34-8-6-5-7-27(34)22-38)10-12-31(25)43-36(39)30(23-40-43)35(44)33-21-28-20-26(37(45)41-13-15-46-16-14-41)9-11-32(28)42(33)24-47-17-18-49(2,3)4/h5-12,19-21,23H,13-18,24,39H2,1-4H3. The molecule has 12 heteroatoms. The number of anilines is 1. The number of fused-ring (bicyclic) bond motifs is 1. The minimum atomic E-state index is -1.33. The summed E-state index contributed by atoms with van der Waals surface area (Å²) in [5.74, 6) is 0.831. The van der Waals surface area contributed by atoms with Gasteiger partial charge in [0.05, 0.1) is 47.4 Å². The van der Waals surface area contributed by atoms with Gasteiger partial charge in [-0.25, -0.2) is 4.68 Å². The fourth-order valence-electron chi connectivity index (χ4n) is 5.78. The first kappa shape index (κ1) is 33.7. The van der Waals surface area contributed by atoms with Crippen LogP contribution in [0.5, 0.6) is 11.5 Å². The zero-order valence-corrected chi connectivity index (χ0v) is 29.2. The summed E-state index contributed by atoms with van der Waals surface area (Å²) in [6, 6.07) is 22.9. The molecular formula is C37H40N6O5Si. The molecule has 49 heavy (non-hydrogen) atoms. The number of aromatic nitrogens is 3. The van der Waals surface area contributed by atoms with Gasteiger partial charge in [0, 0.05) is 38.7 Å². The molecule has 1 fully saturated rings. The van der Waals surface area contributed by atoms with Crippen LogP contribution in [0, 0.1) is 18.3 Å². The Labute approximate surface area is 286 Å². The van der Waals surface area contributed by atoms with E-state index in [0.717, 1.165) is 22.5 Å². The maximum absolute atomic E-state index is 14.2. The van der Waals surface area contributed by atoms with Gasteiger partial charge < -0.3 is 29.4 Å². The number of para-hydroxylation sites is 1. The first-order chi connectivity index (χ1) is 23.5. The monoisotopic (exact) mass is 676 g/mol. The van der Waals surface area contributed by atoms with Crippen LogP contribution in [0.1, 0.15) is 37.5 Å². The number of aryl methyl sites for hydroxylation is 1. The van der Waals surface area contributed by atoms with Gasteiger partial charge in [-0.1, -0.05) is 31.8 Å². The second-order valence-electron chi connectivity index (χ2n) is 13.3. The molecule has 1 aliphatic heterocycles. The third-order valence-corrected chi connectivity index (χ3v) is 10.3. The zero-order chi connectivity index (χ0) is 34.7. The molecule has 3 heterocycles. The Morgan fingerprint density at radius 3 is 2.55 bits per heavy atom. The number of amides is 1. The molecule has 0 spiro atoms. The SMILES string of the molecule is Cc1cc(Oc2ccccc2C#N)ccc1-n1ncc(C(=O)c2cc3cc(C(=O)N4CCOCC4)ccc3n2COCC[Si](C)(C)C)c1N. The summed E-state index contributed by atoms with van der Waals surface area (Å²) in [7, 11) is -1.33. The van der Waals surface area contributed by atoms with E-state index in [-0.39, 0.29) is 29.8 Å². The summed E-state index contributed by atoms with van der Waals surface area (Å²) in [4.78, 5) is 29.3. The summed E-state index contributed by atoms with van der Waals surface area (Å²) in [5.41, 5.74) is 10.5. The van der Waals surface area contributed by atoms with Crippen molar-refractivity contribution >= 4 is 36.5 Å². The van der Waals surface area contributed by atoms with E-state index >= 15 is 0 Å². The third-order valence-electron chi connectivity index (χ3n) is 8.58. The highest BCUT2D eigenvalue weighted by Crippen LogP contribution is 2.31. The molecule has 3 aromatic carbocycles.